The average molecular weight is 191 g/mol. The van der Waals surface area contributed by atoms with Gasteiger partial charge in [-0.25, -0.2) is 0 Å². The molecular formula is C12H17NO. The molecule has 2 unspecified atom stereocenters. The van der Waals surface area contributed by atoms with E-state index in [4.69, 9.17) is 0 Å². The van der Waals surface area contributed by atoms with Crippen molar-refractivity contribution in [3.63, 3.8) is 0 Å². The molecule has 0 amide bonds. The van der Waals surface area contributed by atoms with Crippen LogP contribution in [0.15, 0.2) is 36.4 Å². The molecule has 2 heteroatoms. The summed E-state index contributed by atoms with van der Waals surface area (Å²) in [7, 11) is 1.84. The Labute approximate surface area is 85.3 Å². The fourth-order valence-corrected chi connectivity index (χ4v) is 1.11. The van der Waals surface area contributed by atoms with E-state index in [0.717, 1.165) is 5.56 Å². The Morgan fingerprint density at radius 2 is 1.93 bits per heavy atom. The summed E-state index contributed by atoms with van der Waals surface area (Å²) in [5.74, 6) is 0. The zero-order chi connectivity index (χ0) is 10.4. The maximum atomic E-state index is 9.63. The first-order chi connectivity index (χ1) is 6.74. The van der Waals surface area contributed by atoms with Crippen LogP contribution in [0.1, 0.15) is 12.5 Å². The van der Waals surface area contributed by atoms with E-state index >= 15 is 0 Å². The zero-order valence-electron chi connectivity index (χ0n) is 8.64. The molecule has 2 N–H and O–H groups in total. The summed E-state index contributed by atoms with van der Waals surface area (Å²) in [5.41, 5.74) is 1.11. The highest BCUT2D eigenvalue weighted by atomic mass is 16.3. The minimum Gasteiger partial charge on any atom is -0.387 e. The van der Waals surface area contributed by atoms with E-state index in [9.17, 15) is 5.11 Å². The number of hydrogen-bond donors (Lipinski definition) is 2. The van der Waals surface area contributed by atoms with Crippen LogP contribution in [0.5, 0.6) is 0 Å². The van der Waals surface area contributed by atoms with Gasteiger partial charge < -0.3 is 10.4 Å². The van der Waals surface area contributed by atoms with Crippen molar-refractivity contribution in [2.75, 3.05) is 7.05 Å². The van der Waals surface area contributed by atoms with Gasteiger partial charge in [0.25, 0.3) is 0 Å². The summed E-state index contributed by atoms with van der Waals surface area (Å²) in [6.45, 7) is 1.94. The molecule has 2 atom stereocenters. The van der Waals surface area contributed by atoms with Crippen LogP contribution in [0, 0.1) is 0 Å². The van der Waals surface area contributed by atoms with Gasteiger partial charge in [-0.1, -0.05) is 42.5 Å². The topological polar surface area (TPSA) is 32.3 Å². The van der Waals surface area contributed by atoms with Crippen LogP contribution in [0.2, 0.25) is 0 Å². The van der Waals surface area contributed by atoms with Crippen molar-refractivity contribution in [1.82, 2.24) is 5.32 Å². The van der Waals surface area contributed by atoms with Crippen molar-refractivity contribution in [2.24, 2.45) is 0 Å². The third kappa shape index (κ3) is 3.32. The van der Waals surface area contributed by atoms with Gasteiger partial charge in [0.1, 0.15) is 0 Å². The van der Waals surface area contributed by atoms with Crippen LogP contribution < -0.4 is 5.32 Å². The Morgan fingerprint density at radius 1 is 1.29 bits per heavy atom. The normalized spacial score (nSPS) is 15.6. The molecule has 0 aromatic heterocycles. The SMILES string of the molecule is CNC(C)C(O)/C=C/c1ccccc1. The number of hydrogen-bond acceptors (Lipinski definition) is 2. The van der Waals surface area contributed by atoms with Crippen LogP contribution in [-0.2, 0) is 0 Å². The van der Waals surface area contributed by atoms with Gasteiger partial charge in [-0.2, -0.15) is 0 Å². The molecule has 0 saturated heterocycles. The monoisotopic (exact) mass is 191 g/mol. The fourth-order valence-electron chi connectivity index (χ4n) is 1.11. The summed E-state index contributed by atoms with van der Waals surface area (Å²) < 4.78 is 0. The lowest BCUT2D eigenvalue weighted by atomic mass is 10.1. The molecular weight excluding hydrogens is 174 g/mol. The quantitative estimate of drug-likeness (QED) is 0.758. The van der Waals surface area contributed by atoms with Gasteiger partial charge >= 0.3 is 0 Å². The van der Waals surface area contributed by atoms with Crippen LogP contribution in [0.3, 0.4) is 0 Å². The molecule has 0 aliphatic heterocycles. The van der Waals surface area contributed by atoms with Crippen molar-refractivity contribution in [3.05, 3.63) is 42.0 Å². The zero-order valence-corrected chi connectivity index (χ0v) is 8.64. The standard InChI is InChI=1S/C12H17NO/c1-10(13-2)12(14)9-8-11-6-4-3-5-7-11/h3-10,12-14H,1-2H3/b9-8+. The van der Waals surface area contributed by atoms with E-state index in [1.165, 1.54) is 0 Å². The molecule has 0 fully saturated rings. The molecule has 0 saturated carbocycles. The van der Waals surface area contributed by atoms with Crippen molar-refractivity contribution < 1.29 is 5.11 Å². The van der Waals surface area contributed by atoms with E-state index in [1.807, 2.05) is 50.4 Å². The second-order valence-electron chi connectivity index (χ2n) is 3.34. The largest absolute Gasteiger partial charge is 0.387 e. The highest BCUT2D eigenvalue weighted by Crippen LogP contribution is 2.03. The number of rotatable bonds is 4. The van der Waals surface area contributed by atoms with E-state index in [1.54, 1.807) is 6.08 Å². The summed E-state index contributed by atoms with van der Waals surface area (Å²) in [6.07, 6.45) is 3.29. The second-order valence-corrected chi connectivity index (χ2v) is 3.34. The Bertz CT molecular complexity index is 282. The van der Waals surface area contributed by atoms with Crippen LogP contribution in [0.25, 0.3) is 6.08 Å². The van der Waals surface area contributed by atoms with Crippen LogP contribution >= 0.6 is 0 Å². The van der Waals surface area contributed by atoms with Crippen molar-refractivity contribution >= 4 is 6.08 Å². The van der Waals surface area contributed by atoms with Crippen molar-refractivity contribution in [3.8, 4) is 0 Å². The first-order valence-corrected chi connectivity index (χ1v) is 4.82. The van der Waals surface area contributed by atoms with Crippen LogP contribution in [-0.4, -0.2) is 24.3 Å². The predicted octanol–water partition coefficient (Wildman–Crippen LogP) is 1.67. The maximum Gasteiger partial charge on any atom is 0.0874 e. The molecule has 76 valence electrons. The van der Waals surface area contributed by atoms with Gasteiger partial charge in [-0.15, -0.1) is 0 Å². The molecule has 14 heavy (non-hydrogen) atoms. The van der Waals surface area contributed by atoms with Gasteiger partial charge in [0.2, 0.25) is 0 Å². The number of aliphatic hydroxyl groups is 1. The summed E-state index contributed by atoms with van der Waals surface area (Å²) in [6, 6.07) is 10.0. The molecule has 1 aromatic rings. The van der Waals surface area contributed by atoms with Gasteiger partial charge in [0.15, 0.2) is 0 Å². The Kier molecular flexibility index (Phi) is 4.36. The molecule has 0 aliphatic carbocycles. The minimum absolute atomic E-state index is 0.0787. The number of benzene rings is 1. The Morgan fingerprint density at radius 3 is 2.50 bits per heavy atom. The molecule has 0 heterocycles. The smallest absolute Gasteiger partial charge is 0.0874 e. The van der Waals surface area contributed by atoms with Crippen molar-refractivity contribution in [2.45, 2.75) is 19.1 Å². The van der Waals surface area contributed by atoms with E-state index < -0.39 is 6.10 Å². The molecule has 0 bridgehead atoms. The molecule has 1 rings (SSSR count). The summed E-state index contributed by atoms with van der Waals surface area (Å²) >= 11 is 0. The third-order valence-electron chi connectivity index (χ3n) is 2.25. The maximum absolute atomic E-state index is 9.63. The average Bonchev–Trinajstić information content (AvgIpc) is 2.26. The van der Waals surface area contributed by atoms with Gasteiger partial charge in [-0.3, -0.25) is 0 Å². The number of likely N-dealkylation sites (N-methyl/N-ethyl adjacent to an activating group) is 1. The molecule has 2 nitrogen and oxygen atoms in total. The third-order valence-corrected chi connectivity index (χ3v) is 2.25. The number of nitrogens with one attached hydrogen (secondary N) is 1. The predicted molar refractivity (Wildman–Crippen MR) is 60.0 cm³/mol. The molecule has 0 radical (unpaired) electrons. The van der Waals surface area contributed by atoms with E-state index in [-0.39, 0.29) is 6.04 Å². The van der Waals surface area contributed by atoms with Crippen molar-refractivity contribution in [1.29, 1.82) is 0 Å². The Balaban J connectivity index is 2.56. The fraction of sp³-hybridized carbons (Fsp3) is 0.333. The molecule has 0 spiro atoms. The summed E-state index contributed by atoms with van der Waals surface area (Å²) in [5, 5.41) is 12.6. The lowest BCUT2D eigenvalue weighted by molar-refractivity contribution is 0.185. The van der Waals surface area contributed by atoms with Gasteiger partial charge in [-0.05, 0) is 19.5 Å². The number of aliphatic hydroxyl groups excluding tert-OH is 1. The summed E-state index contributed by atoms with van der Waals surface area (Å²) in [4.78, 5) is 0. The van der Waals surface area contributed by atoms with Gasteiger partial charge in [0.05, 0.1) is 6.10 Å². The first kappa shape index (κ1) is 11.0. The van der Waals surface area contributed by atoms with Crippen LogP contribution in [0.4, 0.5) is 0 Å². The minimum atomic E-state index is -0.444. The van der Waals surface area contributed by atoms with Gasteiger partial charge in [0, 0.05) is 6.04 Å². The van der Waals surface area contributed by atoms with E-state index in [0.29, 0.717) is 0 Å². The second kappa shape index (κ2) is 5.58. The molecule has 1 aromatic carbocycles. The highest BCUT2D eigenvalue weighted by Gasteiger charge is 2.06. The van der Waals surface area contributed by atoms with E-state index in [2.05, 4.69) is 5.32 Å². The molecule has 0 aliphatic rings. The lowest BCUT2D eigenvalue weighted by Crippen LogP contribution is -2.33. The first-order valence-electron chi connectivity index (χ1n) is 4.82. The Hall–Kier alpha value is -1.12. The lowest BCUT2D eigenvalue weighted by Gasteiger charge is -2.13. The highest BCUT2D eigenvalue weighted by molar-refractivity contribution is 5.49.